The maximum Gasteiger partial charge on any atom is 0.231 e. The monoisotopic (exact) mass is 435 g/mol. The number of rotatable bonds is 7. The summed E-state index contributed by atoms with van der Waals surface area (Å²) in [7, 11) is 1.82. The van der Waals surface area contributed by atoms with Crippen molar-refractivity contribution in [1.82, 2.24) is 25.0 Å². The Morgan fingerprint density at radius 2 is 2.00 bits per heavy atom. The highest BCUT2D eigenvalue weighted by molar-refractivity contribution is 5.85. The number of carbonyl (C=O) groups is 2. The van der Waals surface area contributed by atoms with E-state index in [1.54, 1.807) is 27.9 Å². The molecule has 0 bridgehead atoms. The quantitative estimate of drug-likeness (QED) is 0.619. The molecule has 1 aliphatic rings. The first-order valence-corrected chi connectivity index (χ1v) is 10.7. The molecule has 2 amide bonds. The van der Waals surface area contributed by atoms with Gasteiger partial charge >= 0.3 is 0 Å². The molecule has 0 spiro atoms. The van der Waals surface area contributed by atoms with Gasteiger partial charge in [-0.1, -0.05) is 18.2 Å². The van der Waals surface area contributed by atoms with E-state index in [4.69, 9.17) is 0 Å². The Bertz CT molecular complexity index is 1080. The molecule has 8 heteroatoms. The molecule has 1 atom stereocenters. The van der Waals surface area contributed by atoms with Crippen LogP contribution in [0.15, 0.2) is 54.9 Å². The van der Waals surface area contributed by atoms with Crippen LogP contribution in [0.3, 0.4) is 0 Å². The van der Waals surface area contributed by atoms with E-state index in [-0.39, 0.29) is 17.6 Å². The SMILES string of the molecule is Cn1cc2c(n1)[C@@H](C(=O)NCc1ccccn1)CN(C(=O)CCCc1ccc(F)cc1)C2. The van der Waals surface area contributed by atoms with Crippen LogP contribution in [-0.2, 0) is 36.1 Å². The third-order valence-electron chi connectivity index (χ3n) is 5.64. The smallest absolute Gasteiger partial charge is 0.231 e. The number of benzene rings is 1. The molecule has 4 rings (SSSR count). The highest BCUT2D eigenvalue weighted by atomic mass is 19.1. The van der Waals surface area contributed by atoms with Gasteiger partial charge in [0.25, 0.3) is 0 Å². The second kappa shape index (κ2) is 9.72. The molecule has 3 aromatic rings. The van der Waals surface area contributed by atoms with Gasteiger partial charge in [0.05, 0.1) is 23.9 Å². The van der Waals surface area contributed by atoms with E-state index in [2.05, 4.69) is 15.4 Å². The minimum Gasteiger partial charge on any atom is -0.350 e. The second-order valence-corrected chi connectivity index (χ2v) is 8.06. The molecule has 0 saturated heterocycles. The summed E-state index contributed by atoms with van der Waals surface area (Å²) >= 11 is 0. The summed E-state index contributed by atoms with van der Waals surface area (Å²) in [5, 5.41) is 7.41. The Kier molecular flexibility index (Phi) is 6.58. The maximum absolute atomic E-state index is 13.1. The van der Waals surface area contributed by atoms with Gasteiger partial charge in [0, 0.05) is 44.5 Å². The molecule has 1 aliphatic heterocycles. The summed E-state index contributed by atoms with van der Waals surface area (Å²) in [6.07, 6.45) is 5.29. The lowest BCUT2D eigenvalue weighted by atomic mass is 9.95. The normalized spacial score (nSPS) is 15.3. The van der Waals surface area contributed by atoms with E-state index < -0.39 is 5.92 Å². The lowest BCUT2D eigenvalue weighted by Gasteiger charge is -2.31. The first kappa shape index (κ1) is 21.7. The molecular formula is C24H26FN5O2. The minimum absolute atomic E-state index is 0.00383. The fraction of sp³-hybridized carbons (Fsp3) is 0.333. The molecule has 166 valence electrons. The number of amides is 2. The Morgan fingerprint density at radius 3 is 2.75 bits per heavy atom. The van der Waals surface area contributed by atoms with Crippen LogP contribution < -0.4 is 5.32 Å². The number of aryl methyl sites for hydroxylation is 2. The van der Waals surface area contributed by atoms with Gasteiger partial charge in [-0.2, -0.15) is 5.10 Å². The van der Waals surface area contributed by atoms with Crippen molar-refractivity contribution in [3.8, 4) is 0 Å². The summed E-state index contributed by atoms with van der Waals surface area (Å²) in [5.74, 6) is -0.953. The molecule has 1 aromatic carbocycles. The van der Waals surface area contributed by atoms with Gasteiger partial charge in [-0.3, -0.25) is 19.3 Å². The summed E-state index contributed by atoms with van der Waals surface area (Å²) in [4.78, 5) is 31.9. The molecule has 3 heterocycles. The van der Waals surface area contributed by atoms with Crippen LogP contribution >= 0.6 is 0 Å². The Balaban J connectivity index is 1.38. The van der Waals surface area contributed by atoms with Crippen molar-refractivity contribution in [2.75, 3.05) is 6.54 Å². The van der Waals surface area contributed by atoms with Crippen molar-refractivity contribution in [3.05, 3.63) is 83.2 Å². The molecule has 0 radical (unpaired) electrons. The summed E-state index contributed by atoms with van der Waals surface area (Å²) in [6, 6.07) is 11.9. The van der Waals surface area contributed by atoms with Gasteiger partial charge < -0.3 is 10.2 Å². The minimum atomic E-state index is -0.523. The molecule has 0 fully saturated rings. The summed E-state index contributed by atoms with van der Waals surface area (Å²) < 4.78 is 14.7. The van der Waals surface area contributed by atoms with Gasteiger partial charge in [0.1, 0.15) is 5.82 Å². The average molecular weight is 436 g/mol. The van der Waals surface area contributed by atoms with Crippen LogP contribution in [0.25, 0.3) is 0 Å². The zero-order valence-electron chi connectivity index (χ0n) is 18.0. The number of aromatic nitrogens is 3. The number of hydrogen-bond donors (Lipinski definition) is 1. The van der Waals surface area contributed by atoms with Gasteiger partial charge in [-0.05, 0) is 42.7 Å². The van der Waals surface area contributed by atoms with Crippen molar-refractivity contribution in [2.24, 2.45) is 7.05 Å². The van der Waals surface area contributed by atoms with E-state index in [0.717, 1.165) is 22.5 Å². The number of hydrogen-bond acceptors (Lipinski definition) is 4. The van der Waals surface area contributed by atoms with E-state index in [1.165, 1.54) is 12.1 Å². The van der Waals surface area contributed by atoms with E-state index >= 15 is 0 Å². The van der Waals surface area contributed by atoms with Crippen molar-refractivity contribution in [2.45, 2.75) is 38.3 Å². The molecule has 0 unspecified atom stereocenters. The number of fused-ring (bicyclic) bond motifs is 1. The Morgan fingerprint density at radius 1 is 1.19 bits per heavy atom. The lowest BCUT2D eigenvalue weighted by molar-refractivity contribution is -0.133. The summed E-state index contributed by atoms with van der Waals surface area (Å²) in [5.41, 5.74) is 3.38. The van der Waals surface area contributed by atoms with Crippen molar-refractivity contribution >= 4 is 11.8 Å². The average Bonchev–Trinajstić information content (AvgIpc) is 3.18. The molecule has 0 saturated carbocycles. The van der Waals surface area contributed by atoms with E-state index in [9.17, 15) is 14.0 Å². The van der Waals surface area contributed by atoms with Crippen molar-refractivity contribution in [3.63, 3.8) is 0 Å². The molecule has 1 N–H and O–H groups in total. The van der Waals surface area contributed by atoms with E-state index in [1.807, 2.05) is 31.4 Å². The standard InChI is InChI=1S/C24H26FN5O2/c1-29-14-18-15-30(22(31)7-4-5-17-8-10-19(25)11-9-17)16-21(23(18)28-29)24(32)27-13-20-6-2-3-12-26-20/h2-3,6,8-12,14,21H,4-5,7,13,15-16H2,1H3,(H,27,32)/t21-/m0/s1. The molecule has 0 aliphatic carbocycles. The van der Waals surface area contributed by atoms with Crippen LogP contribution in [0.1, 0.15) is 41.3 Å². The van der Waals surface area contributed by atoms with Crippen molar-refractivity contribution in [1.29, 1.82) is 0 Å². The third kappa shape index (κ3) is 5.19. The van der Waals surface area contributed by atoms with Crippen LogP contribution in [-0.4, -0.2) is 38.0 Å². The zero-order chi connectivity index (χ0) is 22.5. The fourth-order valence-electron chi connectivity index (χ4n) is 4.00. The second-order valence-electron chi connectivity index (χ2n) is 8.06. The largest absolute Gasteiger partial charge is 0.350 e. The molecule has 32 heavy (non-hydrogen) atoms. The predicted molar refractivity (Wildman–Crippen MR) is 117 cm³/mol. The first-order valence-electron chi connectivity index (χ1n) is 10.7. The summed E-state index contributed by atoms with van der Waals surface area (Å²) in [6.45, 7) is 1.07. The fourth-order valence-corrected chi connectivity index (χ4v) is 4.00. The van der Waals surface area contributed by atoms with Crippen LogP contribution in [0.5, 0.6) is 0 Å². The first-order chi connectivity index (χ1) is 15.5. The topological polar surface area (TPSA) is 80.1 Å². The molecule has 2 aromatic heterocycles. The number of halogens is 1. The van der Waals surface area contributed by atoms with Crippen molar-refractivity contribution < 1.29 is 14.0 Å². The molecule has 7 nitrogen and oxygen atoms in total. The van der Waals surface area contributed by atoms with Crippen LogP contribution in [0.2, 0.25) is 0 Å². The van der Waals surface area contributed by atoms with Gasteiger partial charge in [0.2, 0.25) is 11.8 Å². The third-order valence-corrected chi connectivity index (χ3v) is 5.64. The van der Waals surface area contributed by atoms with Gasteiger partial charge in [0.15, 0.2) is 0 Å². The zero-order valence-corrected chi connectivity index (χ0v) is 18.0. The predicted octanol–water partition coefficient (Wildman–Crippen LogP) is 2.72. The highest BCUT2D eigenvalue weighted by Gasteiger charge is 2.34. The lowest BCUT2D eigenvalue weighted by Crippen LogP contribution is -2.43. The molecular weight excluding hydrogens is 409 g/mol. The van der Waals surface area contributed by atoms with E-state index in [0.29, 0.717) is 38.9 Å². The number of nitrogens with one attached hydrogen (secondary N) is 1. The Hall–Kier alpha value is -3.55. The van der Waals surface area contributed by atoms with Crippen LogP contribution in [0, 0.1) is 5.82 Å². The number of carbonyl (C=O) groups excluding carboxylic acids is 2. The van der Waals surface area contributed by atoms with Gasteiger partial charge in [-0.25, -0.2) is 4.39 Å². The number of pyridine rings is 1. The van der Waals surface area contributed by atoms with Gasteiger partial charge in [-0.15, -0.1) is 0 Å². The highest BCUT2D eigenvalue weighted by Crippen LogP contribution is 2.28. The number of nitrogens with zero attached hydrogens (tertiary/aromatic N) is 4. The Labute approximate surface area is 186 Å². The maximum atomic E-state index is 13.1. The van der Waals surface area contributed by atoms with Crippen LogP contribution in [0.4, 0.5) is 4.39 Å².